The van der Waals surface area contributed by atoms with Crippen molar-refractivity contribution < 1.29 is 14.4 Å². The zero-order valence-electron chi connectivity index (χ0n) is 24.5. The third kappa shape index (κ3) is 8.69. The van der Waals surface area contributed by atoms with Crippen molar-refractivity contribution in [3.63, 3.8) is 0 Å². The maximum atomic E-state index is 14.0. The van der Waals surface area contributed by atoms with Crippen molar-refractivity contribution in [1.82, 2.24) is 0 Å². The highest BCUT2D eigenvalue weighted by molar-refractivity contribution is 7.09. The molecule has 2 aromatic rings. The number of carbonyl (C=O) groups is 3. The molecule has 2 aliphatic carbocycles. The van der Waals surface area contributed by atoms with E-state index in [1.54, 1.807) is 11.3 Å². The summed E-state index contributed by atoms with van der Waals surface area (Å²) in [5.74, 6) is -1.07. The van der Waals surface area contributed by atoms with Gasteiger partial charge in [-0.3, -0.25) is 14.4 Å². The van der Waals surface area contributed by atoms with Crippen molar-refractivity contribution in [3.05, 3.63) is 106 Å². The molecule has 1 aromatic carbocycles. The molecule has 0 spiro atoms. The molecule has 1 saturated carbocycles. The third-order valence-electron chi connectivity index (χ3n) is 8.82. The second-order valence-electron chi connectivity index (χ2n) is 11.8. The van der Waals surface area contributed by atoms with Gasteiger partial charge in [-0.15, -0.1) is 11.3 Å². The zero-order valence-corrected chi connectivity index (χ0v) is 25.3. The van der Waals surface area contributed by atoms with Crippen molar-refractivity contribution in [2.45, 2.75) is 77.6 Å². The van der Waals surface area contributed by atoms with Gasteiger partial charge in [0.1, 0.15) is 17.3 Å². The van der Waals surface area contributed by atoms with E-state index in [0.29, 0.717) is 19.3 Å². The van der Waals surface area contributed by atoms with Gasteiger partial charge in [-0.1, -0.05) is 86.7 Å². The molecule has 1 heterocycles. The molecule has 0 saturated heterocycles. The molecule has 4 unspecified atom stereocenters. The second-order valence-corrected chi connectivity index (χ2v) is 12.8. The summed E-state index contributed by atoms with van der Waals surface area (Å²) >= 11 is 1.68. The summed E-state index contributed by atoms with van der Waals surface area (Å²) in [7, 11) is 0. The average Bonchev–Trinajstić information content (AvgIpc) is 3.64. The van der Waals surface area contributed by atoms with Gasteiger partial charge in [0, 0.05) is 41.4 Å². The summed E-state index contributed by atoms with van der Waals surface area (Å²) in [6.07, 6.45) is 13.4. The lowest BCUT2D eigenvalue weighted by Gasteiger charge is -2.34. The Bertz CT molecular complexity index is 1280. The molecule has 41 heavy (non-hydrogen) atoms. The number of ketones is 3. The van der Waals surface area contributed by atoms with E-state index in [1.165, 1.54) is 10.5 Å². The maximum absolute atomic E-state index is 14.0. The number of benzene rings is 1. The Balaban J connectivity index is 1.51. The van der Waals surface area contributed by atoms with Crippen molar-refractivity contribution in [1.29, 1.82) is 0 Å². The van der Waals surface area contributed by atoms with Crippen molar-refractivity contribution >= 4 is 28.7 Å². The summed E-state index contributed by atoms with van der Waals surface area (Å²) < 4.78 is 0. The van der Waals surface area contributed by atoms with E-state index in [4.69, 9.17) is 0 Å². The molecule has 0 radical (unpaired) electrons. The van der Waals surface area contributed by atoms with E-state index >= 15 is 0 Å². The normalized spacial score (nSPS) is 21.2. The highest BCUT2D eigenvalue weighted by atomic mass is 32.1. The first-order chi connectivity index (χ1) is 19.9. The minimum absolute atomic E-state index is 0.111. The highest BCUT2D eigenvalue weighted by Crippen LogP contribution is 2.38. The average molecular weight is 569 g/mol. The molecule has 216 valence electrons. The number of thiophene rings is 1. The predicted molar refractivity (Wildman–Crippen MR) is 170 cm³/mol. The summed E-state index contributed by atoms with van der Waals surface area (Å²) in [4.78, 5) is 42.8. The molecule has 4 heteroatoms. The van der Waals surface area contributed by atoms with Crippen LogP contribution in [0.3, 0.4) is 0 Å². The molecule has 3 nitrogen and oxygen atoms in total. The lowest BCUT2D eigenvalue weighted by Crippen LogP contribution is -2.43. The number of allylic oxidation sites excluding steroid dienone is 6. The lowest BCUT2D eigenvalue weighted by atomic mass is 9.66. The first-order valence-corrected chi connectivity index (χ1v) is 16.1. The van der Waals surface area contributed by atoms with Crippen molar-refractivity contribution in [2.24, 2.45) is 23.7 Å². The molecule has 4 rings (SSSR count). The van der Waals surface area contributed by atoms with Gasteiger partial charge in [-0.25, -0.2) is 0 Å². The Morgan fingerprint density at radius 3 is 2.51 bits per heavy atom. The highest BCUT2D eigenvalue weighted by Gasteiger charge is 2.44. The van der Waals surface area contributed by atoms with E-state index in [0.717, 1.165) is 55.2 Å². The minimum atomic E-state index is -0.537. The van der Waals surface area contributed by atoms with Crippen LogP contribution in [0.2, 0.25) is 0 Å². The maximum Gasteiger partial charge on any atom is 0.140 e. The number of Topliss-reactive ketones (excluding diaryl/α,β-unsaturated/α-hetero) is 3. The molecule has 0 bridgehead atoms. The fourth-order valence-corrected chi connectivity index (χ4v) is 7.13. The van der Waals surface area contributed by atoms with Gasteiger partial charge in [0.05, 0.1) is 0 Å². The molecular formula is C37H44O3S. The largest absolute Gasteiger partial charge is 0.299 e. The van der Waals surface area contributed by atoms with Crippen LogP contribution in [-0.4, -0.2) is 17.3 Å². The number of rotatable bonds is 16. The van der Waals surface area contributed by atoms with E-state index in [9.17, 15) is 14.4 Å². The van der Waals surface area contributed by atoms with Crippen LogP contribution in [0.15, 0.2) is 95.9 Å². The van der Waals surface area contributed by atoms with Gasteiger partial charge < -0.3 is 0 Å². The first-order valence-electron chi connectivity index (χ1n) is 15.2. The van der Waals surface area contributed by atoms with Crippen LogP contribution in [0.4, 0.5) is 0 Å². The van der Waals surface area contributed by atoms with E-state index in [1.807, 2.05) is 47.9 Å². The number of hydrogen-bond donors (Lipinski definition) is 0. The van der Waals surface area contributed by atoms with E-state index < -0.39 is 5.92 Å². The van der Waals surface area contributed by atoms with Crippen LogP contribution in [-0.2, 0) is 27.2 Å². The Morgan fingerprint density at radius 1 is 1.02 bits per heavy atom. The topological polar surface area (TPSA) is 51.2 Å². The van der Waals surface area contributed by atoms with Gasteiger partial charge in [0.25, 0.3) is 0 Å². The summed E-state index contributed by atoms with van der Waals surface area (Å²) in [5, 5.41) is 2.04. The first kappa shape index (κ1) is 30.8. The van der Waals surface area contributed by atoms with Crippen LogP contribution < -0.4 is 0 Å². The SMILES string of the molecule is C=C(CCC)CCC(Cc1ccccc1)C(=O)CC1C(=O)C(CCC2=CC=CC2=C)CC(=O)C1CCc1cccs1. The summed E-state index contributed by atoms with van der Waals surface area (Å²) in [6.45, 7) is 10.5. The van der Waals surface area contributed by atoms with Gasteiger partial charge in [-0.2, -0.15) is 0 Å². The molecular weight excluding hydrogens is 524 g/mol. The molecule has 0 amide bonds. The Kier molecular flexibility index (Phi) is 11.4. The van der Waals surface area contributed by atoms with Gasteiger partial charge >= 0.3 is 0 Å². The quantitative estimate of drug-likeness (QED) is 0.190. The molecule has 0 N–H and O–H groups in total. The number of hydrogen-bond acceptors (Lipinski definition) is 4. The van der Waals surface area contributed by atoms with Crippen LogP contribution >= 0.6 is 11.3 Å². The van der Waals surface area contributed by atoms with Crippen molar-refractivity contribution in [3.8, 4) is 0 Å². The third-order valence-corrected chi connectivity index (χ3v) is 9.75. The van der Waals surface area contributed by atoms with Gasteiger partial charge in [0.15, 0.2) is 0 Å². The van der Waals surface area contributed by atoms with E-state index in [-0.39, 0.29) is 47.9 Å². The number of carbonyl (C=O) groups excluding carboxylic acids is 3. The summed E-state index contributed by atoms with van der Waals surface area (Å²) in [5.41, 5.74) is 4.42. The van der Waals surface area contributed by atoms with E-state index in [2.05, 4.69) is 38.3 Å². The smallest absolute Gasteiger partial charge is 0.140 e. The molecule has 1 aromatic heterocycles. The monoisotopic (exact) mass is 568 g/mol. The molecule has 4 atom stereocenters. The Labute approximate surface area is 250 Å². The van der Waals surface area contributed by atoms with Gasteiger partial charge in [-0.05, 0) is 79.5 Å². The molecule has 0 aliphatic heterocycles. The predicted octanol–water partition coefficient (Wildman–Crippen LogP) is 8.86. The second kappa shape index (κ2) is 15.2. The fraction of sp³-hybridized carbons (Fsp3) is 0.432. The van der Waals surface area contributed by atoms with Gasteiger partial charge in [0.2, 0.25) is 0 Å². The van der Waals surface area contributed by atoms with Crippen LogP contribution in [0.5, 0.6) is 0 Å². The number of aryl methyl sites for hydroxylation is 1. The fourth-order valence-electron chi connectivity index (χ4n) is 6.41. The molecule has 1 fully saturated rings. The Morgan fingerprint density at radius 2 is 1.83 bits per heavy atom. The zero-order chi connectivity index (χ0) is 29.2. The van der Waals surface area contributed by atoms with Crippen LogP contribution in [0.1, 0.15) is 75.2 Å². The summed E-state index contributed by atoms with van der Waals surface area (Å²) in [6, 6.07) is 14.2. The Hall–Kier alpha value is -3.11. The molecule has 2 aliphatic rings. The lowest BCUT2D eigenvalue weighted by molar-refractivity contribution is -0.144. The van der Waals surface area contributed by atoms with Crippen molar-refractivity contribution in [2.75, 3.05) is 0 Å². The minimum Gasteiger partial charge on any atom is -0.299 e. The van der Waals surface area contributed by atoms with Crippen LogP contribution in [0, 0.1) is 23.7 Å². The standard InChI is InChI=1S/C37H44O3S/c1-4-10-26(2)16-17-30(23-28-12-6-5-7-13-28)35(38)25-34-33(21-20-32-15-9-22-41-32)36(39)24-31(37(34)40)19-18-29-14-8-11-27(29)3/h5-9,11-15,22,30-31,33-34H,2-4,10,16-21,23-25H2,1H3. The van der Waals surface area contributed by atoms with Crippen LogP contribution in [0.25, 0.3) is 0 Å².